The Hall–Kier alpha value is -4.79. The van der Waals surface area contributed by atoms with Crippen LogP contribution >= 0.6 is 0 Å². The molecule has 0 saturated carbocycles. The highest BCUT2D eigenvalue weighted by atomic mass is 16.5. The number of aryl methyl sites for hydroxylation is 1. The van der Waals surface area contributed by atoms with Crippen LogP contribution in [0.4, 0.5) is 22.0 Å². The van der Waals surface area contributed by atoms with Crippen LogP contribution in [0.5, 0.6) is 11.5 Å². The van der Waals surface area contributed by atoms with Crippen molar-refractivity contribution in [2.24, 2.45) is 12.8 Å². The predicted molar refractivity (Wildman–Crippen MR) is 127 cm³/mol. The zero-order chi connectivity index (χ0) is 23.4. The van der Waals surface area contributed by atoms with Gasteiger partial charge in [-0.2, -0.15) is 5.10 Å². The maximum Gasteiger partial charge on any atom is 0.323 e. The first kappa shape index (κ1) is 21.4. The summed E-state index contributed by atoms with van der Waals surface area (Å²) in [5.74, 6) is 0.931. The fraction of sp³-hybridized carbons (Fsp3) is 0.0417. The van der Waals surface area contributed by atoms with Crippen LogP contribution in [0.15, 0.2) is 78.9 Å². The molecular formula is C24H22N6O3. The van der Waals surface area contributed by atoms with Crippen molar-refractivity contribution < 1.29 is 14.3 Å². The number of anilines is 3. The molecule has 0 spiro atoms. The molecular weight excluding hydrogens is 420 g/mol. The molecule has 6 N–H and O–H groups in total. The van der Waals surface area contributed by atoms with Crippen molar-refractivity contribution in [1.82, 2.24) is 9.78 Å². The summed E-state index contributed by atoms with van der Waals surface area (Å²) >= 11 is 0. The Labute approximate surface area is 190 Å². The minimum absolute atomic E-state index is 0.163. The van der Waals surface area contributed by atoms with Crippen molar-refractivity contribution >= 4 is 29.1 Å². The molecule has 3 amide bonds. The van der Waals surface area contributed by atoms with Crippen LogP contribution in [0, 0.1) is 0 Å². The number of rotatable bonds is 6. The fourth-order valence-electron chi connectivity index (χ4n) is 3.22. The molecule has 0 aliphatic carbocycles. The first-order valence-electron chi connectivity index (χ1n) is 10.0. The Morgan fingerprint density at radius 2 is 1.39 bits per heavy atom. The van der Waals surface area contributed by atoms with E-state index in [1.807, 2.05) is 30.3 Å². The SMILES string of the molecule is Cn1nc(-c2ccc(NC(=O)Nc3ccc(Oc4ccccc4)cc3)cc2)c(C(N)=O)c1N. The van der Waals surface area contributed by atoms with Gasteiger partial charge in [-0.15, -0.1) is 0 Å². The number of para-hydroxylation sites is 1. The van der Waals surface area contributed by atoms with Crippen molar-refractivity contribution in [3.63, 3.8) is 0 Å². The maximum atomic E-state index is 12.4. The molecule has 1 heterocycles. The van der Waals surface area contributed by atoms with Crippen LogP contribution in [0.1, 0.15) is 10.4 Å². The lowest BCUT2D eigenvalue weighted by Crippen LogP contribution is -2.19. The number of primary amides is 1. The Bertz CT molecular complexity index is 1280. The number of hydrogen-bond donors (Lipinski definition) is 4. The van der Waals surface area contributed by atoms with Gasteiger partial charge in [0.15, 0.2) is 0 Å². The third-order valence-corrected chi connectivity index (χ3v) is 4.85. The topological polar surface area (TPSA) is 137 Å². The zero-order valence-corrected chi connectivity index (χ0v) is 17.8. The number of urea groups is 1. The van der Waals surface area contributed by atoms with Crippen molar-refractivity contribution in [3.8, 4) is 22.8 Å². The quantitative estimate of drug-likeness (QED) is 0.355. The molecule has 0 bridgehead atoms. The molecule has 9 nitrogen and oxygen atoms in total. The monoisotopic (exact) mass is 442 g/mol. The second kappa shape index (κ2) is 9.15. The van der Waals surface area contributed by atoms with Gasteiger partial charge in [0.25, 0.3) is 5.91 Å². The van der Waals surface area contributed by atoms with Gasteiger partial charge in [0.2, 0.25) is 0 Å². The number of nitrogen functional groups attached to an aromatic ring is 1. The highest BCUT2D eigenvalue weighted by Gasteiger charge is 2.20. The van der Waals surface area contributed by atoms with E-state index in [1.54, 1.807) is 55.6 Å². The van der Waals surface area contributed by atoms with Crippen LogP contribution < -0.4 is 26.8 Å². The van der Waals surface area contributed by atoms with E-state index in [0.717, 1.165) is 5.75 Å². The van der Waals surface area contributed by atoms with E-state index < -0.39 is 11.9 Å². The van der Waals surface area contributed by atoms with Gasteiger partial charge in [0.1, 0.15) is 28.6 Å². The molecule has 166 valence electrons. The van der Waals surface area contributed by atoms with E-state index in [1.165, 1.54) is 4.68 Å². The van der Waals surface area contributed by atoms with Crippen molar-refractivity contribution in [3.05, 3.63) is 84.4 Å². The van der Waals surface area contributed by atoms with E-state index in [9.17, 15) is 9.59 Å². The second-order valence-electron chi connectivity index (χ2n) is 7.19. The van der Waals surface area contributed by atoms with Crippen molar-refractivity contribution in [1.29, 1.82) is 0 Å². The van der Waals surface area contributed by atoms with Gasteiger partial charge in [0, 0.05) is 24.0 Å². The van der Waals surface area contributed by atoms with Crippen LogP contribution in [0.25, 0.3) is 11.3 Å². The minimum Gasteiger partial charge on any atom is -0.457 e. The summed E-state index contributed by atoms with van der Waals surface area (Å²) in [6.07, 6.45) is 0. The molecule has 0 unspecified atom stereocenters. The van der Waals surface area contributed by atoms with Gasteiger partial charge >= 0.3 is 6.03 Å². The second-order valence-corrected chi connectivity index (χ2v) is 7.19. The summed E-state index contributed by atoms with van der Waals surface area (Å²) < 4.78 is 7.14. The van der Waals surface area contributed by atoms with E-state index in [0.29, 0.717) is 28.4 Å². The fourth-order valence-corrected chi connectivity index (χ4v) is 3.22. The summed E-state index contributed by atoms with van der Waals surface area (Å²) in [5.41, 5.74) is 13.7. The molecule has 0 aliphatic rings. The van der Waals surface area contributed by atoms with Crippen LogP contribution in [-0.2, 0) is 7.05 Å². The number of benzene rings is 3. The number of nitrogens with two attached hydrogens (primary N) is 2. The number of ether oxygens (including phenoxy) is 1. The van der Waals surface area contributed by atoms with E-state index in [2.05, 4.69) is 15.7 Å². The lowest BCUT2D eigenvalue weighted by molar-refractivity contribution is 0.100. The minimum atomic E-state index is -0.655. The predicted octanol–water partition coefficient (Wildman–Crippen LogP) is 4.20. The Balaban J connectivity index is 1.38. The Morgan fingerprint density at radius 1 is 0.848 bits per heavy atom. The number of hydrogen-bond acceptors (Lipinski definition) is 5. The lowest BCUT2D eigenvalue weighted by Gasteiger charge is -2.10. The highest BCUT2D eigenvalue weighted by Crippen LogP contribution is 2.27. The molecule has 0 aliphatic heterocycles. The molecule has 4 aromatic rings. The molecule has 33 heavy (non-hydrogen) atoms. The summed E-state index contributed by atoms with van der Waals surface area (Å²) in [5, 5.41) is 9.78. The third-order valence-electron chi connectivity index (χ3n) is 4.85. The van der Waals surface area contributed by atoms with E-state index in [-0.39, 0.29) is 11.4 Å². The Kier molecular flexibility index (Phi) is 5.94. The van der Waals surface area contributed by atoms with Gasteiger partial charge in [-0.3, -0.25) is 9.48 Å². The average molecular weight is 442 g/mol. The summed E-state index contributed by atoms with van der Waals surface area (Å²) in [6.45, 7) is 0. The van der Waals surface area contributed by atoms with E-state index in [4.69, 9.17) is 16.2 Å². The van der Waals surface area contributed by atoms with Gasteiger partial charge in [-0.1, -0.05) is 30.3 Å². The first-order valence-corrected chi connectivity index (χ1v) is 10.0. The first-order chi connectivity index (χ1) is 15.9. The summed E-state index contributed by atoms with van der Waals surface area (Å²) in [7, 11) is 1.63. The van der Waals surface area contributed by atoms with Gasteiger partial charge < -0.3 is 26.8 Å². The number of carbonyl (C=O) groups excluding carboxylic acids is 2. The largest absolute Gasteiger partial charge is 0.457 e. The van der Waals surface area contributed by atoms with Crippen molar-refractivity contribution in [2.45, 2.75) is 0 Å². The van der Waals surface area contributed by atoms with Crippen LogP contribution in [0.3, 0.4) is 0 Å². The van der Waals surface area contributed by atoms with Crippen molar-refractivity contribution in [2.75, 3.05) is 16.4 Å². The normalized spacial score (nSPS) is 10.5. The smallest absolute Gasteiger partial charge is 0.323 e. The highest BCUT2D eigenvalue weighted by molar-refractivity contribution is 6.03. The molecule has 0 radical (unpaired) electrons. The number of amides is 3. The maximum absolute atomic E-state index is 12.4. The summed E-state index contributed by atoms with van der Waals surface area (Å²) in [4.78, 5) is 24.1. The molecule has 3 aromatic carbocycles. The number of nitrogens with one attached hydrogen (secondary N) is 2. The molecule has 1 aromatic heterocycles. The molecule has 9 heteroatoms. The third kappa shape index (κ3) is 4.93. The molecule has 0 fully saturated rings. The zero-order valence-electron chi connectivity index (χ0n) is 17.8. The number of aromatic nitrogens is 2. The number of nitrogens with zero attached hydrogens (tertiary/aromatic N) is 2. The van der Waals surface area contributed by atoms with E-state index >= 15 is 0 Å². The molecule has 4 rings (SSSR count). The molecule has 0 atom stereocenters. The average Bonchev–Trinajstić information content (AvgIpc) is 3.11. The van der Waals surface area contributed by atoms with Gasteiger partial charge in [-0.25, -0.2) is 4.79 Å². The lowest BCUT2D eigenvalue weighted by atomic mass is 10.1. The van der Waals surface area contributed by atoms with Gasteiger partial charge in [0.05, 0.1) is 0 Å². The van der Waals surface area contributed by atoms with Crippen LogP contribution in [0.2, 0.25) is 0 Å². The molecule has 0 saturated heterocycles. The van der Waals surface area contributed by atoms with Crippen LogP contribution in [-0.4, -0.2) is 21.7 Å². The Morgan fingerprint density at radius 3 is 1.97 bits per heavy atom. The summed E-state index contributed by atoms with van der Waals surface area (Å²) in [6, 6.07) is 22.9. The van der Waals surface area contributed by atoms with Gasteiger partial charge in [-0.05, 0) is 48.5 Å². The number of carbonyl (C=O) groups is 2. The standard InChI is InChI=1S/C24H22N6O3/c1-30-22(25)20(23(26)31)21(29-30)15-7-9-16(10-8-15)27-24(32)28-17-11-13-19(14-12-17)33-18-5-3-2-4-6-18/h2-14H,25H2,1H3,(H2,26,31)(H2,27,28,32).